The lowest BCUT2D eigenvalue weighted by Gasteiger charge is -2.32. The van der Waals surface area contributed by atoms with Crippen LogP contribution in [0.15, 0.2) is 18.2 Å². The maximum absolute atomic E-state index is 12.6. The molecule has 3 nitrogen and oxygen atoms in total. The molecule has 1 aliphatic heterocycles. The molecule has 1 fully saturated rings. The number of aromatic nitrogens is 1. The highest BCUT2D eigenvalue weighted by Gasteiger charge is 2.23. The van der Waals surface area contributed by atoms with Crippen molar-refractivity contribution in [1.82, 2.24) is 9.88 Å². The second-order valence-electron chi connectivity index (χ2n) is 6.64. The van der Waals surface area contributed by atoms with Gasteiger partial charge in [-0.3, -0.25) is 4.79 Å². The number of amides is 1. The van der Waals surface area contributed by atoms with Crippen molar-refractivity contribution in [2.45, 2.75) is 52.4 Å². The zero-order chi connectivity index (χ0) is 16.2. The van der Waals surface area contributed by atoms with Gasteiger partial charge in [0.2, 0.25) is 5.91 Å². The lowest BCUT2D eigenvalue weighted by atomic mass is 9.91. The van der Waals surface area contributed by atoms with Crippen LogP contribution in [0.4, 0.5) is 0 Å². The topological polar surface area (TPSA) is 33.2 Å². The number of carbonyl (C=O) groups is 1. The van der Waals surface area contributed by atoms with Gasteiger partial charge in [0.05, 0.1) is 21.6 Å². The lowest BCUT2D eigenvalue weighted by molar-refractivity contribution is -0.131. The number of rotatable bonds is 5. The summed E-state index contributed by atoms with van der Waals surface area (Å²) in [4.78, 5) is 19.2. The molecule has 124 valence electrons. The highest BCUT2D eigenvalue weighted by atomic mass is 32.1. The predicted octanol–water partition coefficient (Wildman–Crippen LogP) is 4.58. The maximum Gasteiger partial charge on any atom is 0.227 e. The molecule has 1 saturated heterocycles. The van der Waals surface area contributed by atoms with E-state index >= 15 is 0 Å². The zero-order valence-corrected chi connectivity index (χ0v) is 15.0. The molecule has 0 radical (unpaired) electrons. The van der Waals surface area contributed by atoms with Gasteiger partial charge in [0.25, 0.3) is 0 Å². The number of fused-ring (bicyclic) bond motifs is 1. The van der Waals surface area contributed by atoms with Crippen LogP contribution >= 0.6 is 11.3 Å². The van der Waals surface area contributed by atoms with E-state index in [0.29, 0.717) is 6.42 Å². The van der Waals surface area contributed by atoms with Crippen molar-refractivity contribution in [3.63, 3.8) is 0 Å². The highest BCUT2D eigenvalue weighted by Crippen LogP contribution is 2.27. The SMILES string of the molecule is CCCCC1CCN(C(=O)Cc2cccc3nc(C)sc23)CC1. The summed E-state index contributed by atoms with van der Waals surface area (Å²) < 4.78 is 1.18. The molecule has 0 saturated carbocycles. The number of piperidine rings is 1. The van der Waals surface area contributed by atoms with Crippen molar-refractivity contribution >= 4 is 27.5 Å². The van der Waals surface area contributed by atoms with Crippen LogP contribution in [0.1, 0.15) is 49.6 Å². The van der Waals surface area contributed by atoms with Gasteiger partial charge in [-0.15, -0.1) is 11.3 Å². The number of benzene rings is 1. The molecule has 1 aliphatic rings. The fraction of sp³-hybridized carbons (Fsp3) is 0.579. The van der Waals surface area contributed by atoms with Crippen LogP contribution in [-0.2, 0) is 11.2 Å². The number of nitrogens with zero attached hydrogens (tertiary/aromatic N) is 2. The van der Waals surface area contributed by atoms with E-state index < -0.39 is 0 Å². The van der Waals surface area contributed by atoms with Gasteiger partial charge in [-0.25, -0.2) is 4.98 Å². The number of unbranched alkanes of at least 4 members (excludes halogenated alkanes) is 1. The molecule has 0 N–H and O–H groups in total. The van der Waals surface area contributed by atoms with E-state index in [0.717, 1.165) is 35.1 Å². The van der Waals surface area contributed by atoms with E-state index in [2.05, 4.69) is 22.9 Å². The van der Waals surface area contributed by atoms with Gasteiger partial charge in [-0.05, 0) is 37.3 Å². The van der Waals surface area contributed by atoms with Crippen molar-refractivity contribution in [3.05, 3.63) is 28.8 Å². The van der Waals surface area contributed by atoms with Crippen LogP contribution in [0.3, 0.4) is 0 Å². The third-order valence-corrected chi connectivity index (χ3v) is 5.94. The van der Waals surface area contributed by atoms with E-state index in [1.54, 1.807) is 11.3 Å². The average Bonchev–Trinajstić information content (AvgIpc) is 2.94. The zero-order valence-electron chi connectivity index (χ0n) is 14.2. The summed E-state index contributed by atoms with van der Waals surface area (Å²) in [6, 6.07) is 6.12. The summed E-state index contributed by atoms with van der Waals surface area (Å²) in [7, 11) is 0. The molecule has 23 heavy (non-hydrogen) atoms. The predicted molar refractivity (Wildman–Crippen MR) is 96.9 cm³/mol. The first-order chi connectivity index (χ1) is 11.2. The quantitative estimate of drug-likeness (QED) is 0.804. The van der Waals surface area contributed by atoms with Crippen molar-refractivity contribution in [2.24, 2.45) is 5.92 Å². The lowest BCUT2D eigenvalue weighted by Crippen LogP contribution is -2.39. The number of thiazole rings is 1. The molecular formula is C19H26N2OS. The average molecular weight is 330 g/mol. The fourth-order valence-electron chi connectivity index (χ4n) is 3.50. The Morgan fingerprint density at radius 2 is 2.13 bits per heavy atom. The highest BCUT2D eigenvalue weighted by molar-refractivity contribution is 7.18. The second kappa shape index (κ2) is 7.43. The van der Waals surface area contributed by atoms with Gasteiger partial charge in [-0.1, -0.05) is 38.3 Å². The van der Waals surface area contributed by atoms with Crippen LogP contribution in [0, 0.1) is 12.8 Å². The molecule has 0 spiro atoms. The molecule has 0 bridgehead atoms. The second-order valence-corrected chi connectivity index (χ2v) is 7.84. The number of hydrogen-bond donors (Lipinski definition) is 0. The Labute approximate surface area is 142 Å². The molecule has 1 aromatic carbocycles. The summed E-state index contributed by atoms with van der Waals surface area (Å²) in [5.74, 6) is 1.10. The number of likely N-dealkylation sites (tertiary alicyclic amines) is 1. The van der Waals surface area contributed by atoms with Crippen molar-refractivity contribution in [3.8, 4) is 0 Å². The summed E-state index contributed by atoms with van der Waals surface area (Å²) in [6.07, 6.45) is 6.80. The summed E-state index contributed by atoms with van der Waals surface area (Å²) in [5.41, 5.74) is 2.15. The number of carbonyl (C=O) groups excluding carboxylic acids is 1. The molecular weight excluding hydrogens is 304 g/mol. The van der Waals surface area contributed by atoms with Crippen LogP contribution in [0.25, 0.3) is 10.2 Å². The van der Waals surface area contributed by atoms with Crippen molar-refractivity contribution < 1.29 is 4.79 Å². The molecule has 4 heteroatoms. The van der Waals surface area contributed by atoms with Gasteiger partial charge < -0.3 is 4.90 Å². The van der Waals surface area contributed by atoms with Gasteiger partial charge in [0.1, 0.15) is 0 Å². The third kappa shape index (κ3) is 3.92. The summed E-state index contributed by atoms with van der Waals surface area (Å²) >= 11 is 1.70. The van der Waals surface area contributed by atoms with Crippen LogP contribution in [0.2, 0.25) is 0 Å². The van der Waals surface area contributed by atoms with Gasteiger partial charge in [-0.2, -0.15) is 0 Å². The summed E-state index contributed by atoms with van der Waals surface area (Å²) in [6.45, 7) is 6.15. The van der Waals surface area contributed by atoms with Crippen molar-refractivity contribution in [1.29, 1.82) is 0 Å². The molecule has 0 unspecified atom stereocenters. The Morgan fingerprint density at radius 1 is 1.35 bits per heavy atom. The summed E-state index contributed by atoms with van der Waals surface area (Å²) in [5, 5.41) is 1.07. The Morgan fingerprint density at radius 3 is 2.87 bits per heavy atom. The third-order valence-electron chi connectivity index (χ3n) is 4.88. The van der Waals surface area contributed by atoms with Crippen LogP contribution in [-0.4, -0.2) is 28.9 Å². The fourth-order valence-corrected chi connectivity index (χ4v) is 4.42. The van der Waals surface area contributed by atoms with Gasteiger partial charge in [0, 0.05) is 13.1 Å². The molecule has 0 atom stereocenters. The van der Waals surface area contributed by atoms with E-state index in [1.165, 1.54) is 36.8 Å². The van der Waals surface area contributed by atoms with E-state index in [1.807, 2.05) is 19.1 Å². The monoisotopic (exact) mass is 330 g/mol. The smallest absolute Gasteiger partial charge is 0.227 e. The largest absolute Gasteiger partial charge is 0.342 e. The normalized spacial score (nSPS) is 16.2. The Balaban J connectivity index is 1.61. The van der Waals surface area contributed by atoms with Crippen LogP contribution in [0.5, 0.6) is 0 Å². The first-order valence-electron chi connectivity index (χ1n) is 8.80. The first-order valence-corrected chi connectivity index (χ1v) is 9.62. The number of hydrogen-bond acceptors (Lipinski definition) is 3. The van der Waals surface area contributed by atoms with E-state index in [-0.39, 0.29) is 5.91 Å². The van der Waals surface area contributed by atoms with E-state index in [4.69, 9.17) is 0 Å². The van der Waals surface area contributed by atoms with Crippen molar-refractivity contribution in [2.75, 3.05) is 13.1 Å². The first kappa shape index (κ1) is 16.4. The minimum Gasteiger partial charge on any atom is -0.342 e. The Bertz CT molecular complexity index is 671. The Kier molecular flexibility index (Phi) is 5.31. The molecule has 2 heterocycles. The molecule has 1 aromatic heterocycles. The standard InChI is InChI=1S/C19H26N2OS/c1-3-4-6-15-9-11-21(12-10-15)18(22)13-16-7-5-8-17-19(16)23-14(2)20-17/h5,7-8,15H,3-4,6,9-13H2,1-2H3. The number of aryl methyl sites for hydroxylation is 1. The van der Waals surface area contributed by atoms with Gasteiger partial charge >= 0.3 is 0 Å². The Hall–Kier alpha value is -1.42. The minimum absolute atomic E-state index is 0.275. The molecule has 1 amide bonds. The minimum atomic E-state index is 0.275. The molecule has 0 aliphatic carbocycles. The van der Waals surface area contributed by atoms with E-state index in [9.17, 15) is 4.79 Å². The van der Waals surface area contributed by atoms with Gasteiger partial charge in [0.15, 0.2) is 0 Å². The maximum atomic E-state index is 12.6. The van der Waals surface area contributed by atoms with Crippen LogP contribution < -0.4 is 0 Å². The molecule has 2 aromatic rings. The molecule has 3 rings (SSSR count).